The number of ether oxygens (including phenoxy) is 1. The second-order valence-electron chi connectivity index (χ2n) is 6.70. The van der Waals surface area contributed by atoms with Gasteiger partial charge in [0.1, 0.15) is 11.6 Å². The van der Waals surface area contributed by atoms with Crippen molar-refractivity contribution in [2.24, 2.45) is 0 Å². The van der Waals surface area contributed by atoms with Crippen LogP contribution >= 0.6 is 0 Å². The molecule has 3 aromatic rings. The van der Waals surface area contributed by atoms with Crippen molar-refractivity contribution in [1.29, 1.82) is 0 Å². The van der Waals surface area contributed by atoms with E-state index in [1.165, 1.54) is 12.1 Å². The predicted molar refractivity (Wildman–Crippen MR) is 99.4 cm³/mol. The lowest BCUT2D eigenvalue weighted by Gasteiger charge is -2.18. The summed E-state index contributed by atoms with van der Waals surface area (Å²) in [5, 5.41) is 3.53. The highest BCUT2D eigenvalue weighted by atomic mass is 19.1. The number of para-hydroxylation sites is 1. The molecule has 0 radical (unpaired) electrons. The van der Waals surface area contributed by atoms with E-state index in [0.29, 0.717) is 42.0 Å². The fourth-order valence-electron chi connectivity index (χ4n) is 3.60. The molecule has 0 saturated carbocycles. The molecule has 0 spiro atoms. The van der Waals surface area contributed by atoms with Crippen molar-refractivity contribution in [3.8, 4) is 5.75 Å². The minimum atomic E-state index is -0.676. The lowest BCUT2D eigenvalue weighted by molar-refractivity contribution is -0.117. The Hall–Kier alpha value is -3.15. The molecule has 2 aromatic carbocycles. The van der Waals surface area contributed by atoms with Gasteiger partial charge >= 0.3 is 0 Å². The molecule has 0 saturated heterocycles. The Labute approximate surface area is 155 Å². The van der Waals surface area contributed by atoms with Gasteiger partial charge in [0, 0.05) is 28.2 Å². The van der Waals surface area contributed by atoms with E-state index in [2.05, 4.69) is 10.3 Å². The number of benzene rings is 2. The Bertz CT molecular complexity index is 1040. The van der Waals surface area contributed by atoms with Gasteiger partial charge in [-0.2, -0.15) is 0 Å². The predicted octanol–water partition coefficient (Wildman–Crippen LogP) is 3.83. The summed E-state index contributed by atoms with van der Waals surface area (Å²) in [6.07, 6.45) is 1.31. The van der Waals surface area contributed by atoms with E-state index in [1.807, 2.05) is 24.3 Å². The Morgan fingerprint density at radius 2 is 2.04 bits per heavy atom. The summed E-state index contributed by atoms with van der Waals surface area (Å²) in [5.41, 5.74) is 2.54. The SMILES string of the molecule is Cc1[nH]c2ccccc2c1C(=O)C(=O)N[C@@H]1CCCOc2cc(F)ccc21. The summed E-state index contributed by atoms with van der Waals surface area (Å²) in [4.78, 5) is 28.7. The van der Waals surface area contributed by atoms with Gasteiger partial charge in [-0.25, -0.2) is 4.39 Å². The van der Waals surface area contributed by atoms with Gasteiger partial charge in [-0.05, 0) is 31.9 Å². The monoisotopic (exact) mass is 366 g/mol. The van der Waals surface area contributed by atoms with Gasteiger partial charge in [0.2, 0.25) is 0 Å². The second-order valence-corrected chi connectivity index (χ2v) is 6.70. The summed E-state index contributed by atoms with van der Waals surface area (Å²) < 4.78 is 19.1. The van der Waals surface area contributed by atoms with Gasteiger partial charge in [0.05, 0.1) is 18.2 Å². The van der Waals surface area contributed by atoms with Crippen molar-refractivity contribution in [2.45, 2.75) is 25.8 Å². The van der Waals surface area contributed by atoms with Crippen molar-refractivity contribution in [3.63, 3.8) is 0 Å². The number of ketones is 1. The molecule has 1 aromatic heterocycles. The number of carbonyl (C=O) groups excluding carboxylic acids is 2. The van der Waals surface area contributed by atoms with Crippen LogP contribution in [0.5, 0.6) is 5.75 Å². The number of hydrogen-bond acceptors (Lipinski definition) is 3. The number of carbonyl (C=O) groups is 2. The minimum absolute atomic E-state index is 0.382. The highest BCUT2D eigenvalue weighted by Crippen LogP contribution is 2.32. The normalized spacial score (nSPS) is 16.3. The average Bonchev–Trinajstić information content (AvgIpc) is 2.86. The highest BCUT2D eigenvalue weighted by Gasteiger charge is 2.27. The second kappa shape index (κ2) is 6.87. The summed E-state index contributed by atoms with van der Waals surface area (Å²) in [7, 11) is 0. The van der Waals surface area contributed by atoms with Gasteiger partial charge in [0.25, 0.3) is 11.7 Å². The third-order valence-electron chi connectivity index (χ3n) is 4.88. The first-order chi connectivity index (χ1) is 13.0. The fraction of sp³-hybridized carbons (Fsp3) is 0.238. The number of aromatic amines is 1. The average molecular weight is 366 g/mol. The zero-order valence-corrected chi connectivity index (χ0v) is 14.8. The molecule has 2 N–H and O–H groups in total. The van der Waals surface area contributed by atoms with Crippen LogP contribution in [0.25, 0.3) is 10.9 Å². The molecule has 4 rings (SSSR count). The first-order valence-corrected chi connectivity index (χ1v) is 8.89. The zero-order chi connectivity index (χ0) is 19.0. The Balaban J connectivity index is 1.62. The largest absolute Gasteiger partial charge is 0.493 e. The van der Waals surface area contributed by atoms with Gasteiger partial charge in [0.15, 0.2) is 0 Å². The van der Waals surface area contributed by atoms with E-state index in [0.717, 1.165) is 10.9 Å². The third kappa shape index (κ3) is 3.18. The van der Waals surface area contributed by atoms with Crippen LogP contribution in [-0.4, -0.2) is 23.3 Å². The van der Waals surface area contributed by atoms with E-state index in [1.54, 1.807) is 13.0 Å². The maximum Gasteiger partial charge on any atom is 0.292 e. The number of fused-ring (bicyclic) bond motifs is 2. The van der Waals surface area contributed by atoms with E-state index in [4.69, 9.17) is 4.74 Å². The van der Waals surface area contributed by atoms with Crippen molar-refractivity contribution in [2.75, 3.05) is 6.61 Å². The summed E-state index contributed by atoms with van der Waals surface area (Å²) in [5.74, 6) is -1.25. The maximum atomic E-state index is 13.5. The van der Waals surface area contributed by atoms with Crippen LogP contribution in [0.3, 0.4) is 0 Å². The molecular formula is C21H19FN2O3. The molecular weight excluding hydrogens is 347 g/mol. The first-order valence-electron chi connectivity index (χ1n) is 8.89. The van der Waals surface area contributed by atoms with Crippen LogP contribution in [0.15, 0.2) is 42.5 Å². The van der Waals surface area contributed by atoms with Crippen LogP contribution in [0.2, 0.25) is 0 Å². The number of hydrogen-bond donors (Lipinski definition) is 2. The van der Waals surface area contributed by atoms with Crippen molar-refractivity contribution >= 4 is 22.6 Å². The van der Waals surface area contributed by atoms with Crippen LogP contribution < -0.4 is 10.1 Å². The van der Waals surface area contributed by atoms with Crippen LogP contribution in [0.4, 0.5) is 4.39 Å². The molecule has 5 nitrogen and oxygen atoms in total. The number of aryl methyl sites for hydroxylation is 1. The van der Waals surface area contributed by atoms with Crippen molar-refractivity contribution in [1.82, 2.24) is 10.3 Å². The van der Waals surface area contributed by atoms with E-state index < -0.39 is 23.5 Å². The van der Waals surface area contributed by atoms with Gasteiger partial charge in [-0.3, -0.25) is 9.59 Å². The standard InChI is InChI=1S/C21H19FN2O3/c1-12-19(15-5-2-3-6-17(15)23-12)20(25)21(26)24-16-7-4-10-27-18-11-13(22)8-9-14(16)18/h2-3,5-6,8-9,11,16,23H,4,7,10H2,1H3,(H,24,26)/t16-/m1/s1. The lowest BCUT2D eigenvalue weighted by atomic mass is 10.0. The maximum absolute atomic E-state index is 13.5. The Kier molecular flexibility index (Phi) is 4.39. The highest BCUT2D eigenvalue weighted by molar-refractivity contribution is 6.45. The quantitative estimate of drug-likeness (QED) is 0.547. The fourth-order valence-corrected chi connectivity index (χ4v) is 3.60. The van der Waals surface area contributed by atoms with Crippen LogP contribution in [0.1, 0.15) is 40.5 Å². The van der Waals surface area contributed by atoms with Crippen molar-refractivity contribution in [3.05, 3.63) is 65.1 Å². The van der Waals surface area contributed by atoms with Gasteiger partial charge in [-0.1, -0.05) is 24.3 Å². The molecule has 1 aliphatic rings. The number of aromatic nitrogens is 1. The third-order valence-corrected chi connectivity index (χ3v) is 4.88. The molecule has 138 valence electrons. The molecule has 2 heterocycles. The number of halogens is 1. The zero-order valence-electron chi connectivity index (χ0n) is 14.8. The smallest absolute Gasteiger partial charge is 0.292 e. The number of Topliss-reactive ketones (excluding diaryl/α,β-unsaturated/α-hetero) is 1. The van der Waals surface area contributed by atoms with Crippen molar-refractivity contribution < 1.29 is 18.7 Å². The number of nitrogens with one attached hydrogen (secondary N) is 2. The van der Waals surface area contributed by atoms with Gasteiger partial charge < -0.3 is 15.0 Å². The number of amides is 1. The number of H-pyrrole nitrogens is 1. The molecule has 1 aliphatic heterocycles. The summed E-state index contributed by atoms with van der Waals surface area (Å²) in [6, 6.07) is 11.2. The molecule has 0 unspecified atom stereocenters. The molecule has 0 fully saturated rings. The van der Waals surface area contributed by atoms with E-state index in [9.17, 15) is 14.0 Å². The van der Waals surface area contributed by atoms with Gasteiger partial charge in [-0.15, -0.1) is 0 Å². The molecule has 1 amide bonds. The summed E-state index contributed by atoms with van der Waals surface area (Å²) in [6.45, 7) is 2.22. The lowest BCUT2D eigenvalue weighted by Crippen LogP contribution is -2.34. The number of rotatable bonds is 3. The van der Waals surface area contributed by atoms with E-state index in [-0.39, 0.29) is 0 Å². The molecule has 0 aliphatic carbocycles. The molecule has 27 heavy (non-hydrogen) atoms. The molecule has 6 heteroatoms. The molecule has 0 bridgehead atoms. The Morgan fingerprint density at radius 1 is 1.22 bits per heavy atom. The van der Waals surface area contributed by atoms with Crippen LogP contribution in [0, 0.1) is 12.7 Å². The minimum Gasteiger partial charge on any atom is -0.493 e. The topological polar surface area (TPSA) is 71.2 Å². The molecule has 1 atom stereocenters. The Morgan fingerprint density at radius 3 is 2.89 bits per heavy atom. The summed E-state index contributed by atoms with van der Waals surface area (Å²) >= 11 is 0. The van der Waals surface area contributed by atoms with Crippen LogP contribution in [-0.2, 0) is 4.79 Å². The first kappa shape index (κ1) is 17.3. The van der Waals surface area contributed by atoms with E-state index >= 15 is 0 Å².